The van der Waals surface area contributed by atoms with E-state index in [1.807, 2.05) is 0 Å². The average Bonchev–Trinajstić information content (AvgIpc) is 2.38. The van der Waals surface area contributed by atoms with E-state index in [0.717, 1.165) is 13.0 Å². The van der Waals surface area contributed by atoms with E-state index >= 15 is 0 Å². The minimum absolute atomic E-state index is 0. The Morgan fingerprint density at radius 3 is 2.60 bits per heavy atom. The van der Waals surface area contributed by atoms with Crippen molar-refractivity contribution in [2.24, 2.45) is 0 Å². The summed E-state index contributed by atoms with van der Waals surface area (Å²) < 4.78 is 0. The largest absolute Gasteiger partial charge is 0.351 e. The Morgan fingerprint density at radius 2 is 2.00 bits per heavy atom. The van der Waals surface area contributed by atoms with Crippen LogP contribution in [0.4, 0.5) is 5.69 Å². The van der Waals surface area contributed by atoms with Crippen LogP contribution in [0.5, 0.6) is 0 Å². The number of amides is 1. The van der Waals surface area contributed by atoms with Gasteiger partial charge >= 0.3 is 0 Å². The molecule has 1 aromatic carbocycles. The van der Waals surface area contributed by atoms with Crippen LogP contribution in [0.25, 0.3) is 0 Å². The number of carbonyl (C=O) groups is 1. The standard InChI is InChI=1S/C13H19N3O3.ClH/c1-3-7-14-8-9-15-13(17)11-5-4-6-12(10(11)2)16(18)19;/h4-6,14H,3,7-9H2,1-2H3,(H,15,17);1H. The highest BCUT2D eigenvalue weighted by Crippen LogP contribution is 2.20. The van der Waals surface area contributed by atoms with Gasteiger partial charge in [-0.2, -0.15) is 0 Å². The summed E-state index contributed by atoms with van der Waals surface area (Å²) in [5.41, 5.74) is 0.716. The Kier molecular flexibility index (Phi) is 8.51. The molecule has 0 spiro atoms. The summed E-state index contributed by atoms with van der Waals surface area (Å²) in [6, 6.07) is 4.52. The maximum Gasteiger partial charge on any atom is 0.273 e. The van der Waals surface area contributed by atoms with Crippen LogP contribution in [0.3, 0.4) is 0 Å². The fourth-order valence-electron chi connectivity index (χ4n) is 1.73. The molecule has 0 bridgehead atoms. The van der Waals surface area contributed by atoms with Crippen LogP contribution in [0.1, 0.15) is 29.3 Å². The number of carbonyl (C=O) groups excluding carboxylic acids is 1. The van der Waals surface area contributed by atoms with Crippen molar-refractivity contribution in [1.29, 1.82) is 0 Å². The molecule has 0 fully saturated rings. The van der Waals surface area contributed by atoms with Crippen LogP contribution in [0.2, 0.25) is 0 Å². The van der Waals surface area contributed by atoms with Gasteiger partial charge in [0.05, 0.1) is 4.92 Å². The monoisotopic (exact) mass is 301 g/mol. The summed E-state index contributed by atoms with van der Waals surface area (Å²) in [5, 5.41) is 16.7. The summed E-state index contributed by atoms with van der Waals surface area (Å²) in [7, 11) is 0. The lowest BCUT2D eigenvalue weighted by atomic mass is 10.1. The number of nitrogens with one attached hydrogen (secondary N) is 2. The Labute approximate surface area is 124 Å². The third-order valence-electron chi connectivity index (χ3n) is 2.76. The van der Waals surface area contributed by atoms with Crippen LogP contribution in [0, 0.1) is 17.0 Å². The van der Waals surface area contributed by atoms with E-state index < -0.39 is 4.92 Å². The highest BCUT2D eigenvalue weighted by molar-refractivity contribution is 5.96. The molecule has 1 amide bonds. The molecule has 6 nitrogen and oxygen atoms in total. The van der Waals surface area contributed by atoms with Crippen molar-refractivity contribution in [1.82, 2.24) is 10.6 Å². The quantitative estimate of drug-likeness (QED) is 0.458. The fraction of sp³-hybridized carbons (Fsp3) is 0.462. The van der Waals surface area contributed by atoms with Crippen LogP contribution in [0.15, 0.2) is 18.2 Å². The van der Waals surface area contributed by atoms with Gasteiger partial charge in [0.1, 0.15) is 0 Å². The molecule has 0 atom stereocenters. The second-order valence-electron chi connectivity index (χ2n) is 4.21. The van der Waals surface area contributed by atoms with Gasteiger partial charge in [-0.3, -0.25) is 14.9 Å². The zero-order valence-electron chi connectivity index (χ0n) is 11.6. The summed E-state index contributed by atoms with van der Waals surface area (Å²) in [6.45, 7) is 5.75. The molecule has 1 rings (SSSR count). The van der Waals surface area contributed by atoms with Crippen molar-refractivity contribution in [2.45, 2.75) is 20.3 Å². The van der Waals surface area contributed by atoms with E-state index in [-0.39, 0.29) is 24.0 Å². The number of rotatable bonds is 7. The molecule has 0 saturated heterocycles. The average molecular weight is 302 g/mol. The highest BCUT2D eigenvalue weighted by Gasteiger charge is 2.17. The molecule has 0 unspecified atom stereocenters. The van der Waals surface area contributed by atoms with E-state index in [0.29, 0.717) is 24.2 Å². The lowest BCUT2D eigenvalue weighted by molar-refractivity contribution is -0.385. The maximum absolute atomic E-state index is 11.9. The van der Waals surface area contributed by atoms with Gasteiger partial charge in [0.25, 0.3) is 11.6 Å². The van der Waals surface area contributed by atoms with Crippen LogP contribution in [-0.2, 0) is 0 Å². The van der Waals surface area contributed by atoms with Crippen molar-refractivity contribution in [3.05, 3.63) is 39.4 Å². The number of hydrogen-bond acceptors (Lipinski definition) is 4. The van der Waals surface area contributed by atoms with Gasteiger partial charge in [0, 0.05) is 30.3 Å². The summed E-state index contributed by atoms with van der Waals surface area (Å²) in [6.07, 6.45) is 1.04. The van der Waals surface area contributed by atoms with Crippen molar-refractivity contribution in [3.8, 4) is 0 Å². The van der Waals surface area contributed by atoms with Gasteiger partial charge in [0.15, 0.2) is 0 Å². The SMILES string of the molecule is CCCNCCNC(=O)c1cccc([N+](=O)[O-])c1C.Cl. The molecule has 112 valence electrons. The predicted molar refractivity (Wildman–Crippen MR) is 80.6 cm³/mol. The van der Waals surface area contributed by atoms with Crippen molar-refractivity contribution in [2.75, 3.05) is 19.6 Å². The fourth-order valence-corrected chi connectivity index (χ4v) is 1.73. The molecular formula is C13H20ClN3O3. The minimum Gasteiger partial charge on any atom is -0.351 e. The summed E-state index contributed by atoms with van der Waals surface area (Å²) >= 11 is 0. The van der Waals surface area contributed by atoms with Gasteiger partial charge in [-0.1, -0.05) is 13.0 Å². The lowest BCUT2D eigenvalue weighted by Gasteiger charge is -2.08. The van der Waals surface area contributed by atoms with Gasteiger partial charge < -0.3 is 10.6 Å². The van der Waals surface area contributed by atoms with Gasteiger partial charge in [-0.05, 0) is 26.0 Å². The molecule has 2 N–H and O–H groups in total. The first-order valence-electron chi connectivity index (χ1n) is 6.30. The van der Waals surface area contributed by atoms with Crippen molar-refractivity contribution < 1.29 is 9.72 Å². The van der Waals surface area contributed by atoms with Gasteiger partial charge in [-0.25, -0.2) is 0 Å². The van der Waals surface area contributed by atoms with Crippen molar-refractivity contribution in [3.63, 3.8) is 0 Å². The second-order valence-corrected chi connectivity index (χ2v) is 4.21. The lowest BCUT2D eigenvalue weighted by Crippen LogP contribution is -2.32. The van der Waals surface area contributed by atoms with E-state index in [9.17, 15) is 14.9 Å². The molecular weight excluding hydrogens is 282 g/mol. The number of hydrogen-bond donors (Lipinski definition) is 2. The first-order chi connectivity index (χ1) is 9.07. The molecule has 20 heavy (non-hydrogen) atoms. The molecule has 0 aromatic heterocycles. The highest BCUT2D eigenvalue weighted by atomic mass is 35.5. The number of nitrogens with zero attached hydrogens (tertiary/aromatic N) is 1. The normalized spacial score (nSPS) is 9.70. The Balaban J connectivity index is 0.00000361. The van der Waals surface area contributed by atoms with Gasteiger partial charge in [0.2, 0.25) is 0 Å². The van der Waals surface area contributed by atoms with Crippen molar-refractivity contribution >= 4 is 24.0 Å². The third-order valence-corrected chi connectivity index (χ3v) is 2.76. The van der Waals surface area contributed by atoms with Crippen LogP contribution in [-0.4, -0.2) is 30.5 Å². The van der Waals surface area contributed by atoms with Gasteiger partial charge in [-0.15, -0.1) is 12.4 Å². The maximum atomic E-state index is 11.9. The summed E-state index contributed by atoms with van der Waals surface area (Å²) in [5.74, 6) is -0.278. The molecule has 0 saturated carbocycles. The Bertz CT molecular complexity index is 466. The number of benzene rings is 1. The number of nitro benzene ring substituents is 1. The van der Waals surface area contributed by atoms with E-state index in [1.165, 1.54) is 12.1 Å². The topological polar surface area (TPSA) is 84.3 Å². The van der Waals surface area contributed by atoms with Crippen LogP contribution < -0.4 is 10.6 Å². The molecule has 1 aromatic rings. The molecule has 7 heteroatoms. The first kappa shape index (κ1) is 18.3. The number of halogens is 1. The second kappa shape index (κ2) is 9.28. The summed E-state index contributed by atoms with van der Waals surface area (Å²) in [4.78, 5) is 22.2. The minimum atomic E-state index is -0.477. The Morgan fingerprint density at radius 1 is 1.30 bits per heavy atom. The van der Waals surface area contributed by atoms with Crippen LogP contribution >= 0.6 is 12.4 Å². The first-order valence-corrected chi connectivity index (χ1v) is 6.30. The van der Waals surface area contributed by atoms with E-state index in [2.05, 4.69) is 17.6 Å². The molecule has 0 heterocycles. The number of nitro groups is 1. The zero-order chi connectivity index (χ0) is 14.3. The van der Waals surface area contributed by atoms with E-state index in [1.54, 1.807) is 13.0 Å². The third kappa shape index (κ3) is 5.14. The predicted octanol–water partition coefficient (Wildman–Crippen LogP) is 2.05. The zero-order valence-corrected chi connectivity index (χ0v) is 12.5. The molecule has 0 aliphatic carbocycles. The molecule has 0 aliphatic heterocycles. The van der Waals surface area contributed by atoms with E-state index in [4.69, 9.17) is 0 Å². The molecule has 0 radical (unpaired) electrons. The Hall–Kier alpha value is -1.66. The smallest absolute Gasteiger partial charge is 0.273 e. The molecule has 0 aliphatic rings.